The zero-order chi connectivity index (χ0) is 13.2. The molecular weight excluding hydrogens is 255 g/mol. The Morgan fingerprint density at radius 3 is 3.06 bits per heavy atom. The van der Waals surface area contributed by atoms with Gasteiger partial charge >= 0.3 is 0 Å². The van der Waals surface area contributed by atoms with Crippen LogP contribution < -0.4 is 0 Å². The number of halogens is 2. The summed E-state index contributed by atoms with van der Waals surface area (Å²) < 4.78 is 19.1. The van der Waals surface area contributed by atoms with Gasteiger partial charge < -0.3 is 9.84 Å². The van der Waals surface area contributed by atoms with E-state index in [0.29, 0.717) is 24.8 Å². The summed E-state index contributed by atoms with van der Waals surface area (Å²) in [5, 5.41) is 10.7. The first-order valence-electron chi connectivity index (χ1n) is 6.22. The molecule has 18 heavy (non-hydrogen) atoms. The number of benzene rings is 1. The molecule has 0 heterocycles. The molecule has 0 saturated heterocycles. The number of rotatable bonds is 3. The summed E-state index contributed by atoms with van der Waals surface area (Å²) in [6.07, 6.45) is 3.44. The van der Waals surface area contributed by atoms with Crippen LogP contribution in [0.2, 0.25) is 5.02 Å². The third-order valence-corrected chi connectivity index (χ3v) is 3.95. The molecule has 2 nitrogen and oxygen atoms in total. The number of methoxy groups -OCH3 is 1. The number of hydrogen-bond donors (Lipinski definition) is 1. The van der Waals surface area contributed by atoms with Crippen LogP contribution in [0.5, 0.6) is 0 Å². The van der Waals surface area contributed by atoms with Crippen molar-refractivity contribution in [3.05, 3.63) is 34.6 Å². The maximum Gasteiger partial charge on any atom is 0.145 e. The Kier molecular flexibility index (Phi) is 4.25. The van der Waals surface area contributed by atoms with E-state index in [-0.39, 0.29) is 11.1 Å². The summed E-state index contributed by atoms with van der Waals surface area (Å²) in [6, 6.07) is 4.90. The van der Waals surface area contributed by atoms with Crippen LogP contribution in [0.1, 0.15) is 31.2 Å². The van der Waals surface area contributed by atoms with E-state index >= 15 is 0 Å². The van der Waals surface area contributed by atoms with Crippen LogP contribution in [0.3, 0.4) is 0 Å². The van der Waals surface area contributed by atoms with Crippen LogP contribution in [-0.2, 0) is 11.2 Å². The van der Waals surface area contributed by atoms with E-state index in [2.05, 4.69) is 0 Å². The molecule has 1 aliphatic rings. The van der Waals surface area contributed by atoms with Gasteiger partial charge in [-0.2, -0.15) is 0 Å². The molecule has 0 spiro atoms. The van der Waals surface area contributed by atoms with E-state index in [9.17, 15) is 9.50 Å². The van der Waals surface area contributed by atoms with Crippen molar-refractivity contribution >= 4 is 11.6 Å². The van der Waals surface area contributed by atoms with E-state index in [1.165, 1.54) is 6.07 Å². The van der Waals surface area contributed by atoms with Gasteiger partial charge in [0.15, 0.2) is 0 Å². The highest BCUT2D eigenvalue weighted by Crippen LogP contribution is 2.34. The smallest absolute Gasteiger partial charge is 0.145 e. The van der Waals surface area contributed by atoms with Gasteiger partial charge in [-0.1, -0.05) is 23.7 Å². The van der Waals surface area contributed by atoms with Gasteiger partial charge in [0.1, 0.15) is 5.82 Å². The predicted octanol–water partition coefficient (Wildman–Crippen LogP) is 3.34. The van der Waals surface area contributed by atoms with Gasteiger partial charge in [0.25, 0.3) is 0 Å². The van der Waals surface area contributed by atoms with Crippen LogP contribution in [0.25, 0.3) is 0 Å². The third kappa shape index (κ3) is 3.02. The summed E-state index contributed by atoms with van der Waals surface area (Å²) >= 11 is 5.75. The average Bonchev–Trinajstić information content (AvgIpc) is 2.35. The summed E-state index contributed by atoms with van der Waals surface area (Å²) in [5.74, 6) is -0.424. The second kappa shape index (κ2) is 5.55. The van der Waals surface area contributed by atoms with Gasteiger partial charge in [0.2, 0.25) is 0 Å². The topological polar surface area (TPSA) is 29.5 Å². The molecule has 100 valence electrons. The van der Waals surface area contributed by atoms with Crippen LogP contribution in [-0.4, -0.2) is 23.9 Å². The zero-order valence-electron chi connectivity index (χ0n) is 10.5. The fraction of sp³-hybridized carbons (Fsp3) is 0.571. The van der Waals surface area contributed by atoms with Gasteiger partial charge in [0.05, 0.1) is 16.7 Å². The Bertz CT molecular complexity index is 424. The highest BCUT2D eigenvalue weighted by atomic mass is 35.5. The summed E-state index contributed by atoms with van der Waals surface area (Å²) in [4.78, 5) is 0. The van der Waals surface area contributed by atoms with Crippen molar-refractivity contribution in [1.82, 2.24) is 0 Å². The van der Waals surface area contributed by atoms with Crippen molar-refractivity contribution in [2.45, 2.75) is 43.8 Å². The minimum atomic E-state index is -0.884. The van der Waals surface area contributed by atoms with Gasteiger partial charge in [-0.25, -0.2) is 4.39 Å². The molecule has 1 aromatic carbocycles. The largest absolute Gasteiger partial charge is 0.389 e. The average molecular weight is 273 g/mol. The molecule has 0 bridgehead atoms. The molecule has 2 atom stereocenters. The fourth-order valence-electron chi connectivity index (χ4n) is 2.69. The molecule has 1 N–H and O–H groups in total. The molecule has 4 heteroatoms. The Hall–Kier alpha value is -0.640. The maximum absolute atomic E-state index is 13.8. The molecule has 1 saturated carbocycles. The lowest BCUT2D eigenvalue weighted by Crippen LogP contribution is -2.40. The quantitative estimate of drug-likeness (QED) is 0.914. The minimum Gasteiger partial charge on any atom is -0.389 e. The van der Waals surface area contributed by atoms with Gasteiger partial charge in [-0.05, 0) is 30.9 Å². The lowest BCUT2D eigenvalue weighted by molar-refractivity contribution is -0.0585. The van der Waals surface area contributed by atoms with Crippen molar-refractivity contribution < 1.29 is 14.2 Å². The van der Waals surface area contributed by atoms with Crippen LogP contribution in [0, 0.1) is 5.82 Å². The lowest BCUT2D eigenvalue weighted by atomic mass is 9.79. The first-order chi connectivity index (χ1) is 8.54. The molecule has 0 aliphatic heterocycles. The molecular formula is C14H18ClFO2. The Labute approximate surface area is 112 Å². The van der Waals surface area contributed by atoms with Gasteiger partial charge in [-0.15, -0.1) is 0 Å². The minimum absolute atomic E-state index is 0.0611. The van der Waals surface area contributed by atoms with Crippen LogP contribution in [0.15, 0.2) is 18.2 Å². The Balaban J connectivity index is 2.14. The highest BCUT2D eigenvalue weighted by Gasteiger charge is 2.35. The molecule has 0 radical (unpaired) electrons. The molecule has 2 rings (SSSR count). The number of ether oxygens (including phenoxy) is 1. The normalized spacial score (nSPS) is 28.3. The highest BCUT2D eigenvalue weighted by molar-refractivity contribution is 6.30. The van der Waals surface area contributed by atoms with E-state index in [1.807, 2.05) is 0 Å². The molecule has 1 fully saturated rings. The molecule has 1 aromatic rings. The van der Waals surface area contributed by atoms with E-state index in [4.69, 9.17) is 16.3 Å². The second-order valence-corrected chi connectivity index (χ2v) is 5.48. The second-order valence-electron chi connectivity index (χ2n) is 5.07. The van der Waals surface area contributed by atoms with Gasteiger partial charge in [-0.3, -0.25) is 0 Å². The summed E-state index contributed by atoms with van der Waals surface area (Å²) in [7, 11) is 1.65. The number of aliphatic hydroxyl groups is 1. The first-order valence-corrected chi connectivity index (χ1v) is 6.60. The van der Waals surface area contributed by atoms with Gasteiger partial charge in [0, 0.05) is 20.0 Å². The zero-order valence-corrected chi connectivity index (χ0v) is 11.2. The van der Waals surface area contributed by atoms with Crippen molar-refractivity contribution in [3.8, 4) is 0 Å². The fourth-order valence-corrected chi connectivity index (χ4v) is 2.88. The van der Waals surface area contributed by atoms with E-state index < -0.39 is 11.4 Å². The van der Waals surface area contributed by atoms with Crippen molar-refractivity contribution in [1.29, 1.82) is 0 Å². The van der Waals surface area contributed by atoms with Crippen LogP contribution in [0.4, 0.5) is 4.39 Å². The van der Waals surface area contributed by atoms with Crippen LogP contribution >= 0.6 is 11.6 Å². The predicted molar refractivity (Wildman–Crippen MR) is 69.3 cm³/mol. The summed E-state index contributed by atoms with van der Waals surface area (Å²) in [6.45, 7) is 0. The van der Waals surface area contributed by atoms with Crippen molar-refractivity contribution in [3.63, 3.8) is 0 Å². The Morgan fingerprint density at radius 1 is 1.56 bits per heavy atom. The summed E-state index contributed by atoms with van der Waals surface area (Å²) in [5.41, 5.74) is -0.411. The lowest BCUT2D eigenvalue weighted by Gasteiger charge is -2.36. The number of hydrogen-bond acceptors (Lipinski definition) is 2. The Morgan fingerprint density at radius 2 is 2.33 bits per heavy atom. The maximum atomic E-state index is 13.8. The monoisotopic (exact) mass is 272 g/mol. The molecule has 2 unspecified atom stereocenters. The SMILES string of the molecule is COC1CCCC(O)(Cc2cccc(Cl)c2F)C1. The molecule has 0 amide bonds. The molecule has 0 aromatic heterocycles. The standard InChI is InChI=1S/C14H18ClFO2/c1-18-11-5-3-7-14(17,9-11)8-10-4-2-6-12(15)13(10)16/h2,4,6,11,17H,3,5,7-9H2,1H3. The van der Waals surface area contributed by atoms with Crippen molar-refractivity contribution in [2.24, 2.45) is 0 Å². The molecule has 1 aliphatic carbocycles. The van der Waals surface area contributed by atoms with E-state index in [1.54, 1.807) is 19.2 Å². The third-order valence-electron chi connectivity index (χ3n) is 3.66. The van der Waals surface area contributed by atoms with Crippen molar-refractivity contribution in [2.75, 3.05) is 7.11 Å². The first kappa shape index (κ1) is 13.8. The van der Waals surface area contributed by atoms with E-state index in [0.717, 1.165) is 12.8 Å².